The zero-order valence-corrected chi connectivity index (χ0v) is 17.2. The van der Waals surface area contributed by atoms with E-state index in [1.54, 1.807) is 18.2 Å². The van der Waals surface area contributed by atoms with Gasteiger partial charge in [0.25, 0.3) is 11.6 Å². The lowest BCUT2D eigenvalue weighted by molar-refractivity contribution is -0.384. The fourth-order valence-electron chi connectivity index (χ4n) is 3.53. The van der Waals surface area contributed by atoms with Gasteiger partial charge in [-0.3, -0.25) is 14.9 Å². The molecule has 0 spiro atoms. The number of benzene rings is 4. The highest BCUT2D eigenvalue weighted by atomic mass is 35.5. The smallest absolute Gasteiger partial charge is 0.288 e. The number of amides is 1. The molecule has 5 aromatic rings. The first-order valence-electron chi connectivity index (χ1n) is 9.63. The van der Waals surface area contributed by atoms with Gasteiger partial charge in [-0.2, -0.15) is 0 Å². The molecule has 1 N–H and O–H groups in total. The number of anilines is 1. The monoisotopic (exact) mass is 443 g/mol. The van der Waals surface area contributed by atoms with Crippen LogP contribution in [0.15, 0.2) is 83.3 Å². The number of hydrogen-bond acceptors (Lipinski definition) is 5. The van der Waals surface area contributed by atoms with E-state index in [1.807, 2.05) is 42.5 Å². The first kappa shape index (κ1) is 19.7. The molecule has 1 aromatic heterocycles. The number of nitro benzene ring substituents is 1. The molecule has 0 aliphatic rings. The van der Waals surface area contributed by atoms with E-state index in [0.717, 1.165) is 22.4 Å². The van der Waals surface area contributed by atoms with Crippen LogP contribution in [-0.4, -0.2) is 15.8 Å². The summed E-state index contributed by atoms with van der Waals surface area (Å²) >= 11 is 5.82. The SMILES string of the molecule is O=C(Nc1ccc2oc(-c3cccc4ccccc34)nc2c1)c1ccc(Cl)c([N+](=O)[O-])c1. The molecule has 0 fully saturated rings. The average molecular weight is 444 g/mol. The molecule has 0 unspecified atom stereocenters. The summed E-state index contributed by atoms with van der Waals surface area (Å²) in [6, 6.07) is 22.9. The quantitative estimate of drug-likeness (QED) is 0.254. The summed E-state index contributed by atoms with van der Waals surface area (Å²) in [7, 11) is 0. The maximum absolute atomic E-state index is 12.6. The molecule has 0 bridgehead atoms. The maximum Gasteiger partial charge on any atom is 0.288 e. The lowest BCUT2D eigenvalue weighted by atomic mass is 10.0. The first-order valence-corrected chi connectivity index (χ1v) is 10.0. The second kappa shape index (κ2) is 7.79. The van der Waals surface area contributed by atoms with Crippen LogP contribution in [0.3, 0.4) is 0 Å². The van der Waals surface area contributed by atoms with E-state index in [4.69, 9.17) is 16.0 Å². The minimum atomic E-state index is -0.630. The number of carbonyl (C=O) groups excluding carboxylic acids is 1. The van der Waals surface area contributed by atoms with E-state index >= 15 is 0 Å². The average Bonchev–Trinajstić information content (AvgIpc) is 3.22. The Balaban J connectivity index is 1.46. The molecule has 0 atom stereocenters. The van der Waals surface area contributed by atoms with Gasteiger partial charge in [0.15, 0.2) is 5.58 Å². The van der Waals surface area contributed by atoms with Crippen molar-refractivity contribution < 1.29 is 14.1 Å². The van der Waals surface area contributed by atoms with E-state index in [-0.39, 0.29) is 16.3 Å². The highest BCUT2D eigenvalue weighted by molar-refractivity contribution is 6.32. The number of hydrogen-bond donors (Lipinski definition) is 1. The summed E-state index contributed by atoms with van der Waals surface area (Å²) in [6.45, 7) is 0. The fourth-order valence-corrected chi connectivity index (χ4v) is 3.72. The first-order chi connectivity index (χ1) is 15.5. The third kappa shape index (κ3) is 3.55. The normalized spacial score (nSPS) is 11.0. The van der Waals surface area contributed by atoms with Crippen LogP contribution in [0.1, 0.15) is 10.4 Å². The van der Waals surface area contributed by atoms with Crippen molar-refractivity contribution in [1.82, 2.24) is 4.98 Å². The summed E-state index contributed by atoms with van der Waals surface area (Å²) in [6.07, 6.45) is 0. The molecular formula is C24H14ClN3O4. The minimum Gasteiger partial charge on any atom is -0.436 e. The van der Waals surface area contributed by atoms with E-state index in [0.29, 0.717) is 22.7 Å². The molecule has 0 aliphatic carbocycles. The minimum absolute atomic E-state index is 0.0310. The molecule has 1 amide bonds. The number of aromatic nitrogens is 1. The number of oxazole rings is 1. The standard InChI is InChI=1S/C24H14ClN3O4/c25-19-10-8-15(12-21(19)28(30)31)23(29)26-16-9-11-22-20(13-16)27-24(32-22)18-7-3-5-14-4-1-2-6-17(14)18/h1-13H,(H,26,29). The van der Waals surface area contributed by atoms with Gasteiger partial charge in [0.2, 0.25) is 5.89 Å². The van der Waals surface area contributed by atoms with Gasteiger partial charge < -0.3 is 9.73 Å². The number of nitrogens with zero attached hydrogens (tertiary/aromatic N) is 2. The molecule has 0 saturated carbocycles. The largest absolute Gasteiger partial charge is 0.436 e. The molecule has 4 aromatic carbocycles. The number of nitro groups is 1. The van der Waals surface area contributed by atoms with Crippen molar-refractivity contribution in [3.05, 3.63) is 99.6 Å². The molecule has 8 heteroatoms. The Bertz CT molecular complexity index is 1520. The van der Waals surface area contributed by atoms with E-state index < -0.39 is 10.8 Å². The predicted octanol–water partition coefficient (Wildman–Crippen LogP) is 6.46. The predicted molar refractivity (Wildman–Crippen MR) is 123 cm³/mol. The maximum atomic E-state index is 12.6. The van der Waals surface area contributed by atoms with E-state index in [2.05, 4.69) is 10.3 Å². The highest BCUT2D eigenvalue weighted by Gasteiger charge is 2.17. The second-order valence-corrected chi connectivity index (χ2v) is 7.51. The van der Waals surface area contributed by atoms with Crippen molar-refractivity contribution in [3.8, 4) is 11.5 Å². The van der Waals surface area contributed by atoms with Crippen molar-refractivity contribution in [2.24, 2.45) is 0 Å². The van der Waals surface area contributed by atoms with E-state index in [9.17, 15) is 14.9 Å². The Hall–Kier alpha value is -4.23. The molecule has 0 radical (unpaired) electrons. The Kier molecular flexibility index (Phi) is 4.80. The van der Waals surface area contributed by atoms with Crippen LogP contribution >= 0.6 is 11.6 Å². The lowest BCUT2D eigenvalue weighted by Gasteiger charge is -2.05. The van der Waals surface area contributed by atoms with Gasteiger partial charge in [-0.1, -0.05) is 48.0 Å². The summed E-state index contributed by atoms with van der Waals surface area (Å²) in [5.74, 6) is -0.0181. The summed E-state index contributed by atoms with van der Waals surface area (Å²) in [4.78, 5) is 27.6. The summed E-state index contributed by atoms with van der Waals surface area (Å²) in [5, 5.41) is 15.9. The zero-order valence-electron chi connectivity index (χ0n) is 16.4. The molecular weight excluding hydrogens is 430 g/mol. The van der Waals surface area contributed by atoms with Crippen LogP contribution in [0.25, 0.3) is 33.3 Å². The topological polar surface area (TPSA) is 98.3 Å². The van der Waals surface area contributed by atoms with Gasteiger partial charge in [-0.25, -0.2) is 4.98 Å². The molecule has 7 nitrogen and oxygen atoms in total. The van der Waals surface area contributed by atoms with Crippen LogP contribution in [0.4, 0.5) is 11.4 Å². The van der Waals surface area contributed by atoms with Crippen molar-refractivity contribution in [1.29, 1.82) is 0 Å². The Labute approximate surface area is 186 Å². The molecule has 0 saturated heterocycles. The fraction of sp³-hybridized carbons (Fsp3) is 0. The third-order valence-corrected chi connectivity index (χ3v) is 5.39. The summed E-state index contributed by atoms with van der Waals surface area (Å²) < 4.78 is 5.95. The lowest BCUT2D eigenvalue weighted by Crippen LogP contribution is -2.12. The van der Waals surface area contributed by atoms with Crippen molar-refractivity contribution in [3.63, 3.8) is 0 Å². The van der Waals surface area contributed by atoms with Crippen LogP contribution in [0, 0.1) is 10.1 Å². The van der Waals surface area contributed by atoms with Gasteiger partial charge in [0, 0.05) is 22.9 Å². The van der Waals surface area contributed by atoms with Crippen molar-refractivity contribution in [2.75, 3.05) is 5.32 Å². The van der Waals surface area contributed by atoms with Gasteiger partial charge in [-0.15, -0.1) is 0 Å². The van der Waals surface area contributed by atoms with Crippen LogP contribution < -0.4 is 5.32 Å². The Morgan fingerprint density at radius 2 is 1.81 bits per heavy atom. The number of rotatable bonds is 4. The van der Waals surface area contributed by atoms with E-state index in [1.165, 1.54) is 12.1 Å². The molecule has 1 heterocycles. The third-order valence-electron chi connectivity index (χ3n) is 5.07. The summed E-state index contributed by atoms with van der Waals surface area (Å²) in [5.41, 5.74) is 2.31. The molecule has 156 valence electrons. The molecule has 32 heavy (non-hydrogen) atoms. The van der Waals surface area contributed by atoms with Crippen molar-refractivity contribution in [2.45, 2.75) is 0 Å². The van der Waals surface area contributed by atoms with Gasteiger partial charge in [0.05, 0.1) is 4.92 Å². The van der Waals surface area contributed by atoms with Crippen molar-refractivity contribution >= 4 is 50.8 Å². The number of carbonyl (C=O) groups is 1. The van der Waals surface area contributed by atoms with Gasteiger partial charge >= 0.3 is 0 Å². The highest BCUT2D eigenvalue weighted by Crippen LogP contribution is 2.31. The van der Waals surface area contributed by atoms with Gasteiger partial charge in [0.1, 0.15) is 10.5 Å². The number of halogens is 1. The van der Waals surface area contributed by atoms with Crippen LogP contribution in [-0.2, 0) is 0 Å². The number of nitrogens with one attached hydrogen (secondary N) is 1. The molecule has 0 aliphatic heterocycles. The van der Waals surface area contributed by atoms with Crippen LogP contribution in [0.5, 0.6) is 0 Å². The zero-order chi connectivity index (χ0) is 22.2. The number of fused-ring (bicyclic) bond motifs is 2. The Morgan fingerprint density at radius 1 is 1.00 bits per heavy atom. The second-order valence-electron chi connectivity index (χ2n) is 7.11. The Morgan fingerprint density at radius 3 is 2.66 bits per heavy atom. The van der Waals surface area contributed by atoms with Crippen LogP contribution in [0.2, 0.25) is 5.02 Å². The van der Waals surface area contributed by atoms with Gasteiger partial charge in [-0.05, 0) is 47.2 Å². The molecule has 5 rings (SSSR count).